The van der Waals surface area contributed by atoms with Crippen LogP contribution in [0.25, 0.3) is 0 Å². The number of hydrogen-bond donors (Lipinski definition) is 2. The van der Waals surface area contributed by atoms with Gasteiger partial charge in [0, 0.05) is 25.6 Å². The Morgan fingerprint density at radius 3 is 2.88 bits per heavy atom. The van der Waals surface area contributed by atoms with Crippen LogP contribution in [-0.4, -0.2) is 48.1 Å². The molecule has 16 heavy (non-hydrogen) atoms. The summed E-state index contributed by atoms with van der Waals surface area (Å²) in [6.45, 7) is 0.414. The quantitative estimate of drug-likeness (QED) is 0.662. The maximum atomic E-state index is 11.2. The van der Waals surface area contributed by atoms with Crippen molar-refractivity contribution in [2.24, 2.45) is 0 Å². The summed E-state index contributed by atoms with van der Waals surface area (Å²) in [5.74, 6) is 0.287. The molecule has 0 unspecified atom stereocenters. The van der Waals surface area contributed by atoms with Crippen molar-refractivity contribution in [1.82, 2.24) is 20.5 Å². The molecule has 0 aliphatic heterocycles. The molecule has 90 valence electrons. The van der Waals surface area contributed by atoms with E-state index in [9.17, 15) is 13.2 Å². The number of carbonyl (C=O) groups excluding carboxylic acids is 1. The van der Waals surface area contributed by atoms with E-state index in [1.807, 2.05) is 0 Å². The Labute approximate surface area is 93.6 Å². The van der Waals surface area contributed by atoms with E-state index >= 15 is 0 Å². The van der Waals surface area contributed by atoms with E-state index in [1.54, 1.807) is 0 Å². The second-order valence-electron chi connectivity index (χ2n) is 3.41. The number of carbonyl (C=O) groups is 1. The highest BCUT2D eigenvalue weighted by Crippen LogP contribution is 1.90. The summed E-state index contributed by atoms with van der Waals surface area (Å²) in [6.07, 6.45) is 3.04. The predicted molar refractivity (Wildman–Crippen MR) is 57.4 cm³/mol. The van der Waals surface area contributed by atoms with E-state index in [4.69, 9.17) is 0 Å². The molecule has 2 N–H and O–H groups in total. The van der Waals surface area contributed by atoms with Gasteiger partial charge in [0.05, 0.1) is 5.75 Å². The first kappa shape index (κ1) is 12.6. The number of H-pyrrole nitrogens is 1. The van der Waals surface area contributed by atoms with Gasteiger partial charge in [-0.25, -0.2) is 13.4 Å². The third-order valence-electron chi connectivity index (χ3n) is 1.85. The van der Waals surface area contributed by atoms with Crippen molar-refractivity contribution in [3.05, 3.63) is 12.2 Å². The average Bonchev–Trinajstić information content (AvgIpc) is 2.66. The van der Waals surface area contributed by atoms with Crippen molar-refractivity contribution < 1.29 is 13.2 Å². The fourth-order valence-electron chi connectivity index (χ4n) is 1.04. The third kappa shape index (κ3) is 5.44. The summed E-state index contributed by atoms with van der Waals surface area (Å²) in [4.78, 5) is 15.1. The number of nitrogens with one attached hydrogen (secondary N) is 2. The molecule has 8 heteroatoms. The zero-order chi connectivity index (χ0) is 12.0. The topological polar surface area (TPSA) is 105 Å². The zero-order valence-electron chi connectivity index (χ0n) is 8.93. The standard InChI is InChI=1S/C8H14N4O3S/c1-16(14,15)5-3-8(13)9-4-2-7-10-6-11-12-7/h6H,2-5H2,1H3,(H,9,13)(H,10,11,12). The van der Waals surface area contributed by atoms with Crippen molar-refractivity contribution in [3.8, 4) is 0 Å². The van der Waals surface area contributed by atoms with Gasteiger partial charge >= 0.3 is 0 Å². The SMILES string of the molecule is CS(=O)(=O)CCC(=O)NCCc1ncn[nH]1. The van der Waals surface area contributed by atoms with Crippen LogP contribution in [0.3, 0.4) is 0 Å². The van der Waals surface area contributed by atoms with Crippen LogP contribution >= 0.6 is 0 Å². The Bertz CT molecular complexity index is 426. The van der Waals surface area contributed by atoms with Crippen LogP contribution in [0.15, 0.2) is 6.33 Å². The Balaban J connectivity index is 2.16. The number of rotatable bonds is 6. The third-order valence-corrected chi connectivity index (χ3v) is 2.79. The molecule has 0 aliphatic rings. The number of aromatic amines is 1. The molecule has 0 spiro atoms. The van der Waals surface area contributed by atoms with E-state index in [2.05, 4.69) is 20.5 Å². The molecule has 0 bridgehead atoms. The largest absolute Gasteiger partial charge is 0.356 e. The van der Waals surface area contributed by atoms with Crippen LogP contribution in [0, 0.1) is 0 Å². The second-order valence-corrected chi connectivity index (χ2v) is 5.67. The van der Waals surface area contributed by atoms with Crippen LogP contribution in [0.4, 0.5) is 0 Å². The van der Waals surface area contributed by atoms with Crippen LogP contribution in [0.1, 0.15) is 12.2 Å². The summed E-state index contributed by atoms with van der Waals surface area (Å²) in [7, 11) is -3.08. The minimum absolute atomic E-state index is 0.00472. The molecule has 0 saturated carbocycles. The number of aromatic nitrogens is 3. The lowest BCUT2D eigenvalue weighted by Crippen LogP contribution is -2.27. The summed E-state index contributed by atoms with van der Waals surface area (Å²) >= 11 is 0. The molecule has 0 aromatic carbocycles. The first-order chi connectivity index (χ1) is 7.47. The first-order valence-electron chi connectivity index (χ1n) is 4.76. The highest BCUT2D eigenvalue weighted by molar-refractivity contribution is 7.90. The van der Waals surface area contributed by atoms with Gasteiger partial charge in [0.1, 0.15) is 22.0 Å². The zero-order valence-corrected chi connectivity index (χ0v) is 9.75. The first-order valence-corrected chi connectivity index (χ1v) is 6.82. The Kier molecular flexibility index (Phi) is 4.41. The molecule has 1 amide bonds. The van der Waals surface area contributed by atoms with Gasteiger partial charge in [-0.05, 0) is 0 Å². The van der Waals surface area contributed by atoms with E-state index in [1.165, 1.54) is 6.33 Å². The number of hydrogen-bond acceptors (Lipinski definition) is 5. The maximum Gasteiger partial charge on any atom is 0.221 e. The lowest BCUT2D eigenvalue weighted by atomic mass is 10.4. The summed E-state index contributed by atoms with van der Waals surface area (Å²) in [6, 6.07) is 0. The molecule has 1 heterocycles. The van der Waals surface area contributed by atoms with E-state index < -0.39 is 9.84 Å². The Morgan fingerprint density at radius 2 is 2.31 bits per heavy atom. The summed E-state index contributed by atoms with van der Waals surface area (Å²) in [5.41, 5.74) is 0. The van der Waals surface area contributed by atoms with Gasteiger partial charge in [0.2, 0.25) is 5.91 Å². The smallest absolute Gasteiger partial charge is 0.221 e. The molecular weight excluding hydrogens is 232 g/mol. The highest BCUT2D eigenvalue weighted by atomic mass is 32.2. The molecule has 1 aromatic rings. The summed E-state index contributed by atoms with van der Waals surface area (Å²) in [5, 5.41) is 8.92. The van der Waals surface area contributed by atoms with E-state index in [-0.39, 0.29) is 18.1 Å². The molecular formula is C8H14N4O3S. The van der Waals surface area contributed by atoms with Crippen LogP contribution in [0.2, 0.25) is 0 Å². The minimum Gasteiger partial charge on any atom is -0.356 e. The molecule has 0 saturated heterocycles. The van der Waals surface area contributed by atoms with Crippen molar-refractivity contribution >= 4 is 15.7 Å². The molecule has 0 aliphatic carbocycles. The molecule has 0 fully saturated rings. The van der Waals surface area contributed by atoms with Crippen LogP contribution < -0.4 is 5.32 Å². The van der Waals surface area contributed by atoms with Gasteiger partial charge in [0.15, 0.2) is 0 Å². The second kappa shape index (κ2) is 5.59. The maximum absolute atomic E-state index is 11.2. The fraction of sp³-hybridized carbons (Fsp3) is 0.625. The van der Waals surface area contributed by atoms with E-state index in [0.29, 0.717) is 18.8 Å². The minimum atomic E-state index is -3.08. The number of nitrogens with zero attached hydrogens (tertiary/aromatic N) is 2. The molecule has 7 nitrogen and oxygen atoms in total. The normalized spacial score (nSPS) is 11.3. The number of amides is 1. The van der Waals surface area contributed by atoms with Crippen molar-refractivity contribution in [3.63, 3.8) is 0 Å². The van der Waals surface area contributed by atoms with Crippen molar-refractivity contribution in [1.29, 1.82) is 0 Å². The summed E-state index contributed by atoms with van der Waals surface area (Å²) < 4.78 is 21.6. The molecule has 1 rings (SSSR count). The van der Waals surface area contributed by atoms with Gasteiger partial charge in [-0.1, -0.05) is 0 Å². The highest BCUT2D eigenvalue weighted by Gasteiger charge is 2.07. The van der Waals surface area contributed by atoms with E-state index in [0.717, 1.165) is 6.26 Å². The lowest BCUT2D eigenvalue weighted by Gasteiger charge is -2.02. The van der Waals surface area contributed by atoms with Crippen LogP contribution in [-0.2, 0) is 21.1 Å². The fourth-order valence-corrected chi connectivity index (χ4v) is 1.59. The van der Waals surface area contributed by atoms with Gasteiger partial charge in [-0.3, -0.25) is 9.89 Å². The Hall–Kier alpha value is -1.44. The number of sulfone groups is 1. The molecule has 0 atom stereocenters. The van der Waals surface area contributed by atoms with Crippen molar-refractivity contribution in [2.45, 2.75) is 12.8 Å². The lowest BCUT2D eigenvalue weighted by molar-refractivity contribution is -0.120. The molecule has 0 radical (unpaired) electrons. The monoisotopic (exact) mass is 246 g/mol. The Morgan fingerprint density at radius 1 is 1.56 bits per heavy atom. The van der Waals surface area contributed by atoms with Gasteiger partial charge < -0.3 is 5.32 Å². The van der Waals surface area contributed by atoms with Crippen molar-refractivity contribution in [2.75, 3.05) is 18.6 Å². The molecule has 1 aromatic heterocycles. The van der Waals surface area contributed by atoms with Gasteiger partial charge in [0.25, 0.3) is 0 Å². The predicted octanol–water partition coefficient (Wildman–Crippen LogP) is -1.10. The van der Waals surface area contributed by atoms with Gasteiger partial charge in [-0.2, -0.15) is 5.10 Å². The van der Waals surface area contributed by atoms with Crippen LogP contribution in [0.5, 0.6) is 0 Å². The average molecular weight is 246 g/mol. The van der Waals surface area contributed by atoms with Gasteiger partial charge in [-0.15, -0.1) is 0 Å².